The zero-order valence-electron chi connectivity index (χ0n) is 8.78. The summed E-state index contributed by atoms with van der Waals surface area (Å²) >= 11 is 0. The summed E-state index contributed by atoms with van der Waals surface area (Å²) in [6.07, 6.45) is 3.28. The first-order chi connectivity index (χ1) is 7.16. The molecule has 0 spiro atoms. The van der Waals surface area contributed by atoms with Gasteiger partial charge in [0.05, 0.1) is 6.20 Å². The lowest BCUT2D eigenvalue weighted by Crippen LogP contribution is -2.34. The summed E-state index contributed by atoms with van der Waals surface area (Å²) < 4.78 is 13.4. The van der Waals surface area contributed by atoms with Crippen LogP contribution in [0.4, 0.5) is 16.2 Å². The highest BCUT2D eigenvalue weighted by molar-refractivity contribution is 5.42. The van der Waals surface area contributed by atoms with Crippen molar-refractivity contribution >= 4 is 11.8 Å². The second kappa shape index (κ2) is 4.00. The molecule has 4 nitrogen and oxygen atoms in total. The van der Waals surface area contributed by atoms with Crippen LogP contribution >= 0.6 is 0 Å². The molecule has 0 aromatic carbocycles. The van der Waals surface area contributed by atoms with Crippen molar-refractivity contribution in [3.63, 3.8) is 0 Å². The van der Waals surface area contributed by atoms with E-state index in [1.165, 1.54) is 0 Å². The predicted octanol–water partition coefficient (Wildman–Crippen LogP) is 1.43. The fraction of sp³-hybridized carbons (Fsp3) is 0.600. The lowest BCUT2D eigenvalue weighted by Gasteiger charge is -2.31. The first-order valence-electron chi connectivity index (χ1n) is 5.20. The van der Waals surface area contributed by atoms with Gasteiger partial charge in [0.1, 0.15) is 0 Å². The monoisotopic (exact) mass is 210 g/mol. The van der Waals surface area contributed by atoms with Gasteiger partial charge in [0.15, 0.2) is 11.6 Å². The molecule has 1 fully saturated rings. The third-order valence-electron chi connectivity index (χ3n) is 2.83. The van der Waals surface area contributed by atoms with E-state index in [4.69, 9.17) is 5.73 Å². The van der Waals surface area contributed by atoms with Crippen LogP contribution in [0.15, 0.2) is 6.20 Å². The van der Waals surface area contributed by atoms with Gasteiger partial charge in [-0.1, -0.05) is 6.92 Å². The van der Waals surface area contributed by atoms with Crippen LogP contribution < -0.4 is 10.6 Å². The Balaban J connectivity index is 2.18. The average molecular weight is 210 g/mol. The van der Waals surface area contributed by atoms with Gasteiger partial charge in [-0.2, -0.15) is 4.98 Å². The summed E-state index contributed by atoms with van der Waals surface area (Å²) in [6, 6.07) is 0. The highest BCUT2D eigenvalue weighted by Crippen LogP contribution is 2.23. The van der Waals surface area contributed by atoms with Crippen molar-refractivity contribution < 1.29 is 4.39 Å². The van der Waals surface area contributed by atoms with Gasteiger partial charge in [0, 0.05) is 13.1 Å². The molecular weight excluding hydrogens is 195 g/mol. The Morgan fingerprint density at radius 1 is 1.47 bits per heavy atom. The topological polar surface area (TPSA) is 55.0 Å². The zero-order chi connectivity index (χ0) is 10.8. The van der Waals surface area contributed by atoms with E-state index in [0.717, 1.165) is 32.1 Å². The van der Waals surface area contributed by atoms with E-state index >= 15 is 0 Å². The fourth-order valence-corrected chi connectivity index (χ4v) is 1.81. The van der Waals surface area contributed by atoms with Gasteiger partial charge >= 0.3 is 0 Å². The summed E-state index contributed by atoms with van der Waals surface area (Å²) in [7, 11) is 0. The van der Waals surface area contributed by atoms with E-state index in [1.54, 1.807) is 0 Å². The first kappa shape index (κ1) is 10.1. The molecule has 1 aromatic heterocycles. The number of hydrogen-bond donors (Lipinski definition) is 1. The minimum atomic E-state index is -0.390. The Morgan fingerprint density at radius 2 is 2.13 bits per heavy atom. The van der Waals surface area contributed by atoms with Crippen LogP contribution in [0.5, 0.6) is 0 Å². The maximum absolute atomic E-state index is 13.4. The fourth-order valence-electron chi connectivity index (χ4n) is 1.81. The van der Waals surface area contributed by atoms with Crippen molar-refractivity contribution in [1.82, 2.24) is 9.97 Å². The predicted molar refractivity (Wildman–Crippen MR) is 57.0 cm³/mol. The van der Waals surface area contributed by atoms with Crippen LogP contribution in [-0.2, 0) is 0 Å². The lowest BCUT2D eigenvalue weighted by atomic mass is 9.99. The van der Waals surface area contributed by atoms with Gasteiger partial charge in [-0.05, 0) is 18.8 Å². The Kier molecular flexibility index (Phi) is 2.70. The smallest absolute Gasteiger partial charge is 0.222 e. The van der Waals surface area contributed by atoms with E-state index in [-0.39, 0.29) is 5.95 Å². The summed E-state index contributed by atoms with van der Waals surface area (Å²) in [5.41, 5.74) is 5.45. The SMILES string of the molecule is CC1CCN(c2nc(N)ncc2F)CC1. The highest BCUT2D eigenvalue weighted by atomic mass is 19.1. The van der Waals surface area contributed by atoms with Gasteiger partial charge in [0.2, 0.25) is 5.95 Å². The Hall–Kier alpha value is -1.39. The van der Waals surface area contributed by atoms with Crippen LogP contribution in [0.2, 0.25) is 0 Å². The Bertz CT molecular complexity index is 347. The van der Waals surface area contributed by atoms with Crippen LogP contribution in [0.25, 0.3) is 0 Å². The molecule has 0 saturated carbocycles. The quantitative estimate of drug-likeness (QED) is 0.762. The number of hydrogen-bond acceptors (Lipinski definition) is 4. The lowest BCUT2D eigenvalue weighted by molar-refractivity contribution is 0.432. The second-order valence-electron chi connectivity index (χ2n) is 4.07. The molecule has 0 bridgehead atoms. The molecule has 2 N–H and O–H groups in total. The molecule has 1 aliphatic rings. The van der Waals surface area contributed by atoms with Crippen LogP contribution in [0.1, 0.15) is 19.8 Å². The van der Waals surface area contributed by atoms with E-state index in [2.05, 4.69) is 16.9 Å². The molecule has 5 heteroatoms. The molecule has 0 unspecified atom stereocenters. The normalized spacial score (nSPS) is 18.1. The summed E-state index contributed by atoms with van der Waals surface area (Å²) in [4.78, 5) is 9.49. The molecule has 15 heavy (non-hydrogen) atoms. The standard InChI is InChI=1S/C10H15FN4/c1-7-2-4-15(5-3-7)9-8(11)6-13-10(12)14-9/h6-7H,2-5H2,1H3,(H2,12,13,14). The summed E-state index contributed by atoms with van der Waals surface area (Å²) in [5, 5.41) is 0. The number of nitrogen functional groups attached to an aromatic ring is 1. The molecule has 82 valence electrons. The van der Waals surface area contributed by atoms with Crippen molar-refractivity contribution in [1.29, 1.82) is 0 Å². The van der Waals surface area contributed by atoms with Crippen molar-refractivity contribution in [3.05, 3.63) is 12.0 Å². The molecule has 2 rings (SSSR count). The van der Waals surface area contributed by atoms with Crippen LogP contribution in [-0.4, -0.2) is 23.1 Å². The van der Waals surface area contributed by atoms with Gasteiger partial charge in [-0.15, -0.1) is 0 Å². The molecule has 0 amide bonds. The summed E-state index contributed by atoms with van der Waals surface area (Å²) in [6.45, 7) is 3.89. The van der Waals surface area contributed by atoms with Gasteiger partial charge in [-0.25, -0.2) is 9.37 Å². The van der Waals surface area contributed by atoms with E-state index in [9.17, 15) is 4.39 Å². The number of rotatable bonds is 1. The number of nitrogens with two attached hydrogens (primary N) is 1. The van der Waals surface area contributed by atoms with Gasteiger partial charge in [0.25, 0.3) is 0 Å². The molecule has 2 heterocycles. The van der Waals surface area contributed by atoms with Crippen molar-refractivity contribution in [2.24, 2.45) is 5.92 Å². The third-order valence-corrected chi connectivity index (χ3v) is 2.83. The minimum Gasteiger partial charge on any atom is -0.368 e. The van der Waals surface area contributed by atoms with Crippen molar-refractivity contribution in [3.8, 4) is 0 Å². The molecule has 0 atom stereocenters. The molecule has 1 aliphatic heterocycles. The molecule has 0 radical (unpaired) electrons. The molecule has 1 aromatic rings. The van der Waals surface area contributed by atoms with Gasteiger partial charge < -0.3 is 10.6 Å². The number of anilines is 2. The van der Waals surface area contributed by atoms with Crippen molar-refractivity contribution in [2.75, 3.05) is 23.7 Å². The van der Waals surface area contributed by atoms with Gasteiger partial charge in [-0.3, -0.25) is 0 Å². The summed E-state index contributed by atoms with van der Waals surface area (Å²) in [5.74, 6) is 0.793. The van der Waals surface area contributed by atoms with E-state index in [1.807, 2.05) is 4.90 Å². The largest absolute Gasteiger partial charge is 0.368 e. The second-order valence-corrected chi connectivity index (χ2v) is 4.07. The maximum atomic E-state index is 13.4. The van der Waals surface area contributed by atoms with Crippen molar-refractivity contribution in [2.45, 2.75) is 19.8 Å². The van der Waals surface area contributed by atoms with E-state index in [0.29, 0.717) is 11.7 Å². The van der Waals surface area contributed by atoms with Crippen LogP contribution in [0, 0.1) is 11.7 Å². The molecule has 0 aliphatic carbocycles. The highest BCUT2D eigenvalue weighted by Gasteiger charge is 2.20. The molecule has 1 saturated heterocycles. The van der Waals surface area contributed by atoms with Crippen LogP contribution in [0.3, 0.4) is 0 Å². The maximum Gasteiger partial charge on any atom is 0.222 e. The first-order valence-corrected chi connectivity index (χ1v) is 5.20. The number of halogens is 1. The third kappa shape index (κ3) is 2.16. The number of aromatic nitrogens is 2. The number of nitrogens with zero attached hydrogens (tertiary/aromatic N) is 3. The number of piperidine rings is 1. The average Bonchev–Trinajstić information content (AvgIpc) is 2.23. The van der Waals surface area contributed by atoms with E-state index < -0.39 is 5.82 Å². The Labute approximate surface area is 88.3 Å². The zero-order valence-corrected chi connectivity index (χ0v) is 8.78. The minimum absolute atomic E-state index is 0.130. The Morgan fingerprint density at radius 3 is 2.80 bits per heavy atom. The molecular formula is C10H15FN4.